The fourth-order valence-electron chi connectivity index (χ4n) is 1.19. The Hall–Kier alpha value is -0.590. The second-order valence-electron chi connectivity index (χ2n) is 3.01. The number of nitrogens with zero attached hydrogens (tertiary/aromatic N) is 2. The zero-order valence-electron chi connectivity index (χ0n) is 6.25. The van der Waals surface area contributed by atoms with Crippen LogP contribution in [0.25, 0.3) is 0 Å². The fourth-order valence-corrected chi connectivity index (χ4v) is 1.19. The normalized spacial score (nSPS) is 23.3. The largest absolute Gasteiger partial charge is 0.325 e. The average Bonchev–Trinajstić information content (AvgIpc) is 1.84. The molecule has 1 fully saturated rings. The number of nitrogens with two attached hydrogens (primary N) is 1. The predicted molar refractivity (Wildman–Crippen MR) is 39.2 cm³/mol. The monoisotopic (exact) mass is 139 g/mol. The SMILES string of the molecule is CC(C#N)CN1CC(N)C1. The maximum absolute atomic E-state index is 8.46. The Labute approximate surface area is 61.4 Å². The lowest BCUT2D eigenvalue weighted by molar-refractivity contribution is 0.140. The van der Waals surface area contributed by atoms with Gasteiger partial charge in [-0.25, -0.2) is 0 Å². The van der Waals surface area contributed by atoms with Crippen molar-refractivity contribution in [2.24, 2.45) is 11.7 Å². The van der Waals surface area contributed by atoms with Crippen molar-refractivity contribution in [2.45, 2.75) is 13.0 Å². The van der Waals surface area contributed by atoms with Crippen LogP contribution in [0.15, 0.2) is 0 Å². The quantitative estimate of drug-likeness (QED) is 0.576. The molecule has 2 N–H and O–H groups in total. The molecule has 1 heterocycles. The molecular weight excluding hydrogens is 126 g/mol. The van der Waals surface area contributed by atoms with Crippen molar-refractivity contribution in [2.75, 3.05) is 19.6 Å². The highest BCUT2D eigenvalue weighted by Gasteiger charge is 2.23. The smallest absolute Gasteiger partial charge is 0.0666 e. The Bertz CT molecular complexity index is 143. The van der Waals surface area contributed by atoms with Crippen LogP contribution in [-0.4, -0.2) is 30.6 Å². The highest BCUT2D eigenvalue weighted by Crippen LogP contribution is 2.07. The van der Waals surface area contributed by atoms with Crippen LogP contribution in [0.4, 0.5) is 0 Å². The Balaban J connectivity index is 2.11. The van der Waals surface area contributed by atoms with E-state index in [4.69, 9.17) is 11.0 Å². The first-order chi connectivity index (χ1) is 4.72. The first kappa shape index (κ1) is 7.52. The number of nitriles is 1. The number of hydrogen-bond donors (Lipinski definition) is 1. The molecule has 0 aliphatic carbocycles. The zero-order valence-corrected chi connectivity index (χ0v) is 6.25. The summed E-state index contributed by atoms with van der Waals surface area (Å²) < 4.78 is 0. The molecule has 0 aromatic rings. The predicted octanol–water partition coefficient (Wildman–Crippen LogP) is -0.211. The summed E-state index contributed by atoms with van der Waals surface area (Å²) in [5, 5.41) is 8.46. The van der Waals surface area contributed by atoms with Crippen molar-refractivity contribution in [1.82, 2.24) is 4.90 Å². The summed E-state index contributed by atoms with van der Waals surface area (Å²) in [6, 6.07) is 2.55. The van der Waals surface area contributed by atoms with Crippen LogP contribution in [0.1, 0.15) is 6.92 Å². The van der Waals surface area contributed by atoms with Crippen molar-refractivity contribution in [3.63, 3.8) is 0 Å². The Morgan fingerprint density at radius 3 is 2.80 bits per heavy atom. The van der Waals surface area contributed by atoms with Gasteiger partial charge in [-0.3, -0.25) is 4.90 Å². The molecule has 0 amide bonds. The summed E-state index contributed by atoms with van der Waals surface area (Å²) in [6.45, 7) is 4.74. The lowest BCUT2D eigenvalue weighted by Gasteiger charge is -2.37. The van der Waals surface area contributed by atoms with Crippen molar-refractivity contribution in [1.29, 1.82) is 5.26 Å². The highest BCUT2D eigenvalue weighted by molar-refractivity contribution is 4.88. The van der Waals surface area contributed by atoms with Gasteiger partial charge in [-0.05, 0) is 6.92 Å². The molecule has 56 valence electrons. The fraction of sp³-hybridized carbons (Fsp3) is 0.857. The van der Waals surface area contributed by atoms with Crippen LogP contribution in [0.3, 0.4) is 0 Å². The van der Waals surface area contributed by atoms with E-state index in [0.29, 0.717) is 6.04 Å². The molecule has 1 aliphatic heterocycles. The molecular formula is C7H13N3. The second kappa shape index (κ2) is 3.00. The zero-order chi connectivity index (χ0) is 7.56. The van der Waals surface area contributed by atoms with Crippen molar-refractivity contribution < 1.29 is 0 Å². The second-order valence-corrected chi connectivity index (χ2v) is 3.01. The standard InChI is InChI=1S/C7H13N3/c1-6(2-8)3-10-4-7(9)5-10/h6-7H,3-5,9H2,1H3. The first-order valence-electron chi connectivity index (χ1n) is 3.60. The van der Waals surface area contributed by atoms with Crippen molar-refractivity contribution >= 4 is 0 Å². The van der Waals surface area contributed by atoms with Gasteiger partial charge in [-0.2, -0.15) is 5.26 Å². The minimum atomic E-state index is 0.146. The van der Waals surface area contributed by atoms with Gasteiger partial charge in [0, 0.05) is 25.7 Å². The Morgan fingerprint density at radius 1 is 1.80 bits per heavy atom. The van der Waals surface area contributed by atoms with Gasteiger partial charge in [0.25, 0.3) is 0 Å². The van der Waals surface area contributed by atoms with E-state index in [1.54, 1.807) is 0 Å². The van der Waals surface area contributed by atoms with E-state index in [1.807, 2.05) is 6.92 Å². The first-order valence-corrected chi connectivity index (χ1v) is 3.60. The molecule has 1 saturated heterocycles. The molecule has 1 atom stereocenters. The molecule has 10 heavy (non-hydrogen) atoms. The van der Waals surface area contributed by atoms with Gasteiger partial charge < -0.3 is 5.73 Å². The molecule has 3 heteroatoms. The van der Waals surface area contributed by atoms with E-state index < -0.39 is 0 Å². The van der Waals surface area contributed by atoms with Gasteiger partial charge in [-0.15, -0.1) is 0 Å². The van der Waals surface area contributed by atoms with Crippen LogP contribution in [-0.2, 0) is 0 Å². The highest BCUT2D eigenvalue weighted by atomic mass is 15.2. The molecule has 3 nitrogen and oxygen atoms in total. The average molecular weight is 139 g/mol. The molecule has 0 aromatic carbocycles. The van der Waals surface area contributed by atoms with E-state index >= 15 is 0 Å². The van der Waals surface area contributed by atoms with E-state index in [0.717, 1.165) is 19.6 Å². The third kappa shape index (κ3) is 1.69. The summed E-state index contributed by atoms with van der Waals surface area (Å²) in [5.74, 6) is 0.146. The van der Waals surface area contributed by atoms with Gasteiger partial charge in [0.2, 0.25) is 0 Å². The van der Waals surface area contributed by atoms with Gasteiger partial charge in [0.05, 0.1) is 12.0 Å². The van der Waals surface area contributed by atoms with Crippen molar-refractivity contribution in [3.8, 4) is 6.07 Å². The number of hydrogen-bond acceptors (Lipinski definition) is 3. The van der Waals surface area contributed by atoms with Gasteiger partial charge >= 0.3 is 0 Å². The number of rotatable bonds is 2. The Kier molecular flexibility index (Phi) is 2.25. The van der Waals surface area contributed by atoms with Crippen LogP contribution < -0.4 is 5.73 Å². The van der Waals surface area contributed by atoms with Crippen molar-refractivity contribution in [3.05, 3.63) is 0 Å². The lowest BCUT2D eigenvalue weighted by Crippen LogP contribution is -2.56. The van der Waals surface area contributed by atoms with E-state index in [-0.39, 0.29) is 5.92 Å². The van der Waals surface area contributed by atoms with Gasteiger partial charge in [-0.1, -0.05) is 0 Å². The molecule has 0 spiro atoms. The van der Waals surface area contributed by atoms with E-state index in [9.17, 15) is 0 Å². The third-order valence-electron chi connectivity index (χ3n) is 1.74. The molecule has 1 unspecified atom stereocenters. The van der Waals surface area contributed by atoms with E-state index in [1.165, 1.54) is 0 Å². The number of likely N-dealkylation sites (tertiary alicyclic amines) is 1. The Morgan fingerprint density at radius 2 is 2.40 bits per heavy atom. The van der Waals surface area contributed by atoms with Gasteiger partial charge in [0.1, 0.15) is 0 Å². The summed E-state index contributed by atoms with van der Waals surface area (Å²) in [4.78, 5) is 2.21. The molecule has 0 saturated carbocycles. The molecule has 1 rings (SSSR count). The maximum Gasteiger partial charge on any atom is 0.0666 e. The molecule has 0 radical (unpaired) electrons. The summed E-state index contributed by atoms with van der Waals surface area (Å²) in [5.41, 5.74) is 5.56. The van der Waals surface area contributed by atoms with Gasteiger partial charge in [0.15, 0.2) is 0 Å². The molecule has 0 aromatic heterocycles. The molecule has 0 bridgehead atoms. The third-order valence-corrected chi connectivity index (χ3v) is 1.74. The molecule has 1 aliphatic rings. The maximum atomic E-state index is 8.46. The minimum Gasteiger partial charge on any atom is -0.325 e. The lowest BCUT2D eigenvalue weighted by atomic mass is 10.1. The minimum absolute atomic E-state index is 0.146. The van der Waals surface area contributed by atoms with Crippen LogP contribution in [0.5, 0.6) is 0 Å². The topological polar surface area (TPSA) is 53.0 Å². The van der Waals surface area contributed by atoms with E-state index in [2.05, 4.69) is 11.0 Å². The van der Waals surface area contributed by atoms with Crippen LogP contribution >= 0.6 is 0 Å². The summed E-state index contributed by atoms with van der Waals surface area (Å²) in [7, 11) is 0. The van der Waals surface area contributed by atoms with Crippen LogP contribution in [0.2, 0.25) is 0 Å². The summed E-state index contributed by atoms with van der Waals surface area (Å²) >= 11 is 0. The summed E-state index contributed by atoms with van der Waals surface area (Å²) in [6.07, 6.45) is 0. The van der Waals surface area contributed by atoms with Crippen LogP contribution in [0, 0.1) is 17.2 Å².